The lowest BCUT2D eigenvalue weighted by atomic mass is 10.2. The number of nitrogens with two attached hydrogens (primary N) is 1. The Labute approximate surface area is 171 Å². The Hall–Kier alpha value is -2.25. The lowest BCUT2D eigenvalue weighted by molar-refractivity contribution is 0.0721. The van der Waals surface area contributed by atoms with Crippen LogP contribution in [0.4, 0.5) is 5.82 Å². The molecule has 0 saturated heterocycles. The molecule has 0 fully saturated rings. The fraction of sp³-hybridized carbons (Fsp3) is 0.429. The van der Waals surface area contributed by atoms with Gasteiger partial charge >= 0.3 is 0 Å². The summed E-state index contributed by atoms with van der Waals surface area (Å²) in [4.78, 5) is 10.0. The zero-order valence-electron chi connectivity index (χ0n) is 17.5. The molecule has 1 aromatic carbocycles. The predicted molar refractivity (Wildman–Crippen MR) is 116 cm³/mol. The van der Waals surface area contributed by atoms with E-state index in [9.17, 15) is 0 Å². The molecule has 2 aromatic heterocycles. The molecule has 152 valence electrons. The summed E-state index contributed by atoms with van der Waals surface area (Å²) in [7, 11) is 1.67. The first-order valence-electron chi connectivity index (χ1n) is 9.54. The zero-order valence-corrected chi connectivity index (χ0v) is 18.3. The van der Waals surface area contributed by atoms with E-state index in [4.69, 9.17) is 20.2 Å². The second-order valence-electron chi connectivity index (χ2n) is 6.26. The minimum Gasteiger partial charge on any atom is -0.497 e. The maximum absolute atomic E-state index is 6.04. The van der Waals surface area contributed by atoms with Gasteiger partial charge in [0.25, 0.3) is 0 Å². The zero-order chi connectivity index (χ0) is 20.7. The van der Waals surface area contributed by atoms with Crippen molar-refractivity contribution in [2.45, 2.75) is 57.3 Å². The number of hydrogen-bond donors (Lipinski definition) is 1. The summed E-state index contributed by atoms with van der Waals surface area (Å²) >= 11 is 1.60. The van der Waals surface area contributed by atoms with Gasteiger partial charge in [0.1, 0.15) is 11.3 Å². The number of ether oxygens (including phenoxy) is 2. The summed E-state index contributed by atoms with van der Waals surface area (Å²) in [5.41, 5.74) is 8.89. The highest BCUT2D eigenvalue weighted by molar-refractivity contribution is 7.99. The molecule has 0 aliphatic heterocycles. The third-order valence-corrected chi connectivity index (χ3v) is 5.18. The van der Waals surface area contributed by atoms with Crippen LogP contribution in [0.25, 0.3) is 11.0 Å². The number of pyridine rings is 1. The van der Waals surface area contributed by atoms with Gasteiger partial charge in [-0.1, -0.05) is 31.7 Å². The molecule has 28 heavy (non-hydrogen) atoms. The standard InChI is InChI=1S/C19H24N4O2S.C2H6/c1-12(2)25-10-9-23-15-7-8-21-18(20)17(15)22-19(23)26-16-11-14(24-4)6-5-13(16)3;1-2/h5-8,11-12H,9-10H2,1-4H3,(H2,20,21);1-2H3. The van der Waals surface area contributed by atoms with Gasteiger partial charge < -0.3 is 19.8 Å². The van der Waals surface area contributed by atoms with Crippen LogP contribution in [0.15, 0.2) is 40.5 Å². The van der Waals surface area contributed by atoms with Crippen LogP contribution in [0.1, 0.15) is 33.3 Å². The van der Waals surface area contributed by atoms with Gasteiger partial charge in [-0.2, -0.15) is 0 Å². The first-order chi connectivity index (χ1) is 13.5. The molecule has 0 unspecified atom stereocenters. The average molecular weight is 403 g/mol. The molecule has 0 aliphatic rings. The molecule has 0 aliphatic carbocycles. The Morgan fingerprint density at radius 2 is 1.96 bits per heavy atom. The molecule has 0 saturated carbocycles. The Bertz CT molecular complexity index is 909. The van der Waals surface area contributed by atoms with Crippen LogP contribution in [0, 0.1) is 6.92 Å². The lowest BCUT2D eigenvalue weighted by Gasteiger charge is -2.12. The number of rotatable bonds is 7. The molecule has 0 spiro atoms. The van der Waals surface area contributed by atoms with E-state index in [1.807, 2.05) is 52.0 Å². The number of anilines is 1. The largest absolute Gasteiger partial charge is 0.497 e. The van der Waals surface area contributed by atoms with Crippen molar-refractivity contribution in [2.75, 3.05) is 19.5 Å². The molecule has 3 aromatic rings. The van der Waals surface area contributed by atoms with Crippen molar-refractivity contribution in [2.24, 2.45) is 0 Å². The summed E-state index contributed by atoms with van der Waals surface area (Å²) < 4.78 is 13.2. The van der Waals surface area contributed by atoms with Crippen molar-refractivity contribution < 1.29 is 9.47 Å². The van der Waals surface area contributed by atoms with Crippen LogP contribution in [0.3, 0.4) is 0 Å². The number of imidazole rings is 1. The normalized spacial score (nSPS) is 10.8. The van der Waals surface area contributed by atoms with Crippen LogP contribution in [0.5, 0.6) is 5.75 Å². The van der Waals surface area contributed by atoms with E-state index < -0.39 is 0 Å². The van der Waals surface area contributed by atoms with Gasteiger partial charge in [0.2, 0.25) is 0 Å². The van der Waals surface area contributed by atoms with Crippen LogP contribution in [0.2, 0.25) is 0 Å². The minimum atomic E-state index is 0.188. The maximum Gasteiger partial charge on any atom is 0.174 e. The van der Waals surface area contributed by atoms with Crippen molar-refractivity contribution in [1.82, 2.24) is 14.5 Å². The smallest absolute Gasteiger partial charge is 0.174 e. The predicted octanol–water partition coefficient (Wildman–Crippen LogP) is 4.93. The summed E-state index contributed by atoms with van der Waals surface area (Å²) in [5, 5.41) is 0.864. The number of hydrogen-bond acceptors (Lipinski definition) is 6. The Morgan fingerprint density at radius 3 is 2.64 bits per heavy atom. The maximum atomic E-state index is 6.04. The van der Waals surface area contributed by atoms with Crippen molar-refractivity contribution in [1.29, 1.82) is 0 Å². The van der Waals surface area contributed by atoms with Crippen LogP contribution in [-0.2, 0) is 11.3 Å². The monoisotopic (exact) mass is 402 g/mol. The average Bonchev–Trinajstić information content (AvgIpc) is 3.04. The molecule has 2 heterocycles. The van der Waals surface area contributed by atoms with Crippen LogP contribution < -0.4 is 10.5 Å². The summed E-state index contributed by atoms with van der Waals surface area (Å²) in [6.45, 7) is 11.4. The van der Waals surface area contributed by atoms with Crippen molar-refractivity contribution in [3.05, 3.63) is 36.0 Å². The van der Waals surface area contributed by atoms with Gasteiger partial charge in [0, 0.05) is 17.6 Å². The van der Waals surface area contributed by atoms with E-state index in [1.165, 1.54) is 5.56 Å². The number of aryl methyl sites for hydroxylation is 1. The number of methoxy groups -OCH3 is 1. The SMILES string of the molecule is CC.COc1ccc(C)c(Sc2nc3c(N)nccc3n2CCOC(C)C)c1. The topological polar surface area (TPSA) is 75.2 Å². The van der Waals surface area contributed by atoms with Crippen LogP contribution in [-0.4, -0.2) is 34.4 Å². The quantitative estimate of drug-likeness (QED) is 0.604. The van der Waals surface area contributed by atoms with Gasteiger partial charge in [-0.3, -0.25) is 0 Å². The van der Waals surface area contributed by atoms with E-state index in [-0.39, 0.29) is 6.10 Å². The first kappa shape index (κ1) is 22.0. The van der Waals surface area contributed by atoms with E-state index in [1.54, 1.807) is 25.1 Å². The highest BCUT2D eigenvalue weighted by Crippen LogP contribution is 2.35. The first-order valence-corrected chi connectivity index (χ1v) is 10.4. The second kappa shape index (κ2) is 10.3. The molecule has 7 heteroatoms. The number of fused-ring (bicyclic) bond motifs is 1. The van der Waals surface area contributed by atoms with Crippen molar-refractivity contribution in [3.8, 4) is 5.75 Å². The van der Waals surface area contributed by atoms with Gasteiger partial charge in [-0.05, 0) is 44.5 Å². The summed E-state index contributed by atoms with van der Waals surface area (Å²) in [6, 6.07) is 7.97. The highest BCUT2D eigenvalue weighted by Gasteiger charge is 2.16. The lowest BCUT2D eigenvalue weighted by Crippen LogP contribution is -2.11. The fourth-order valence-electron chi connectivity index (χ4n) is 2.64. The summed E-state index contributed by atoms with van der Waals surface area (Å²) in [5.74, 6) is 1.26. The molecule has 0 amide bonds. The van der Waals surface area contributed by atoms with Gasteiger partial charge in [-0.15, -0.1) is 0 Å². The third-order valence-electron chi connectivity index (χ3n) is 4.02. The molecular weight excluding hydrogens is 372 g/mol. The molecule has 3 rings (SSSR count). The fourth-order valence-corrected chi connectivity index (χ4v) is 3.68. The molecule has 0 atom stereocenters. The molecule has 6 nitrogen and oxygen atoms in total. The summed E-state index contributed by atoms with van der Waals surface area (Å²) in [6.07, 6.45) is 1.90. The molecule has 0 radical (unpaired) electrons. The Kier molecular flexibility index (Phi) is 8.14. The minimum absolute atomic E-state index is 0.188. The Morgan fingerprint density at radius 1 is 1.21 bits per heavy atom. The molecule has 2 N–H and O–H groups in total. The van der Waals surface area contributed by atoms with E-state index in [0.717, 1.165) is 26.8 Å². The number of benzene rings is 1. The van der Waals surface area contributed by atoms with E-state index in [0.29, 0.717) is 19.0 Å². The molecule has 0 bridgehead atoms. The number of nitrogen functional groups attached to an aromatic ring is 1. The highest BCUT2D eigenvalue weighted by atomic mass is 32.2. The van der Waals surface area contributed by atoms with Gasteiger partial charge in [0.05, 0.1) is 25.3 Å². The number of aromatic nitrogens is 3. The van der Waals surface area contributed by atoms with Crippen LogP contribution >= 0.6 is 11.8 Å². The van der Waals surface area contributed by atoms with Gasteiger partial charge in [-0.25, -0.2) is 9.97 Å². The van der Waals surface area contributed by atoms with Crippen molar-refractivity contribution >= 4 is 28.6 Å². The molecular formula is C21H30N4O2S. The second-order valence-corrected chi connectivity index (χ2v) is 7.27. The Balaban J connectivity index is 0.00000136. The van der Waals surface area contributed by atoms with E-state index in [2.05, 4.69) is 16.5 Å². The third kappa shape index (κ3) is 5.17. The van der Waals surface area contributed by atoms with E-state index >= 15 is 0 Å². The van der Waals surface area contributed by atoms with Gasteiger partial charge in [0.15, 0.2) is 11.0 Å². The number of nitrogens with zero attached hydrogens (tertiary/aromatic N) is 3. The van der Waals surface area contributed by atoms with Crippen molar-refractivity contribution in [3.63, 3.8) is 0 Å².